The van der Waals surface area contributed by atoms with E-state index < -0.39 is 0 Å². The van der Waals surface area contributed by atoms with E-state index in [1.807, 2.05) is 0 Å². The van der Waals surface area contributed by atoms with E-state index >= 15 is 0 Å². The van der Waals surface area contributed by atoms with E-state index in [0.29, 0.717) is 32.4 Å². The maximum absolute atomic E-state index is 13.9. The summed E-state index contributed by atoms with van der Waals surface area (Å²) in [5.74, 6) is -0.247. The molecule has 4 rings (SSSR count). The highest BCUT2D eigenvalue weighted by atomic mass is 35.5. The predicted octanol–water partition coefficient (Wildman–Crippen LogP) is 6.29. The van der Waals surface area contributed by atoms with Crippen LogP contribution in [0.25, 0.3) is 6.08 Å². The van der Waals surface area contributed by atoms with Gasteiger partial charge in [-0.2, -0.15) is 0 Å². The molecule has 0 N–H and O–H groups in total. The number of amides is 2. The van der Waals surface area contributed by atoms with E-state index in [4.69, 9.17) is 16.3 Å². The summed E-state index contributed by atoms with van der Waals surface area (Å²) in [5, 5.41) is 0.137. The minimum absolute atomic E-state index is 0.0471. The van der Waals surface area contributed by atoms with Crippen LogP contribution in [-0.2, 0) is 17.9 Å². The van der Waals surface area contributed by atoms with Gasteiger partial charge in [0.05, 0.1) is 11.4 Å². The second-order valence-corrected chi connectivity index (χ2v) is 8.18. The second kappa shape index (κ2) is 9.37. The first kappa shape index (κ1) is 21.2. The van der Waals surface area contributed by atoms with Crippen LogP contribution < -0.4 is 4.74 Å². The van der Waals surface area contributed by atoms with Crippen LogP contribution in [0.5, 0.6) is 5.75 Å². The highest BCUT2D eigenvalue weighted by Gasteiger charge is 2.35. The lowest BCUT2D eigenvalue weighted by molar-refractivity contribution is -0.123. The monoisotopic (exact) mass is 453 g/mol. The van der Waals surface area contributed by atoms with Gasteiger partial charge >= 0.3 is 0 Å². The molecule has 156 valence electrons. The van der Waals surface area contributed by atoms with Crippen molar-refractivity contribution in [2.45, 2.75) is 13.2 Å². The molecule has 3 aromatic carbocycles. The van der Waals surface area contributed by atoms with Crippen LogP contribution >= 0.6 is 23.4 Å². The smallest absolute Gasteiger partial charge is 0.293 e. The average Bonchev–Trinajstić information content (AvgIpc) is 3.03. The fraction of sp³-hybridized carbons (Fsp3) is 0.0833. The van der Waals surface area contributed by atoms with Crippen LogP contribution in [0.4, 0.5) is 9.18 Å². The molecule has 1 saturated heterocycles. The Balaban J connectivity index is 1.54. The van der Waals surface area contributed by atoms with Crippen LogP contribution in [0.1, 0.15) is 16.7 Å². The topological polar surface area (TPSA) is 46.6 Å². The minimum atomic E-state index is -0.390. The largest absolute Gasteiger partial charge is 0.488 e. The number of thioether (sulfide) groups is 1. The van der Waals surface area contributed by atoms with Crippen molar-refractivity contribution in [3.8, 4) is 5.75 Å². The summed E-state index contributed by atoms with van der Waals surface area (Å²) in [4.78, 5) is 26.8. The van der Waals surface area contributed by atoms with Crippen molar-refractivity contribution in [2.24, 2.45) is 0 Å². The number of benzene rings is 3. The van der Waals surface area contributed by atoms with Crippen LogP contribution in [0.3, 0.4) is 0 Å². The molecule has 1 aliphatic rings. The summed E-state index contributed by atoms with van der Waals surface area (Å²) in [5.41, 5.74) is 1.75. The quantitative estimate of drug-likeness (QED) is 0.411. The fourth-order valence-corrected chi connectivity index (χ4v) is 4.10. The van der Waals surface area contributed by atoms with Crippen LogP contribution in [0.2, 0.25) is 5.02 Å². The Hall–Kier alpha value is -3.09. The number of rotatable bonds is 6. The molecule has 7 heteroatoms. The van der Waals surface area contributed by atoms with Crippen molar-refractivity contribution in [2.75, 3.05) is 0 Å². The third-order valence-electron chi connectivity index (χ3n) is 4.71. The van der Waals surface area contributed by atoms with Gasteiger partial charge in [-0.1, -0.05) is 66.2 Å². The Morgan fingerprint density at radius 1 is 0.935 bits per heavy atom. The van der Waals surface area contributed by atoms with Gasteiger partial charge in [-0.25, -0.2) is 4.39 Å². The SMILES string of the molecule is O=C1S/C(=C/c2ccccc2OCc2ccccc2F)C(=O)N1Cc1ccccc1Cl. The molecular weight excluding hydrogens is 437 g/mol. The Bertz CT molecular complexity index is 1180. The number of nitrogens with zero attached hydrogens (tertiary/aromatic N) is 1. The molecule has 0 aliphatic carbocycles. The lowest BCUT2D eigenvalue weighted by Gasteiger charge is -2.13. The van der Waals surface area contributed by atoms with Crippen molar-refractivity contribution in [3.63, 3.8) is 0 Å². The van der Waals surface area contributed by atoms with Crippen LogP contribution in [-0.4, -0.2) is 16.0 Å². The Labute approximate surface area is 188 Å². The molecule has 1 fully saturated rings. The number of hydrogen-bond donors (Lipinski definition) is 0. The molecular formula is C24H17ClFNO3S. The summed E-state index contributed by atoms with van der Waals surface area (Å²) >= 11 is 7.03. The highest BCUT2D eigenvalue weighted by Crippen LogP contribution is 2.35. The number of carbonyl (C=O) groups excluding carboxylic acids is 2. The third-order valence-corrected chi connectivity index (χ3v) is 5.98. The number of carbonyl (C=O) groups is 2. The number of hydrogen-bond acceptors (Lipinski definition) is 4. The maximum Gasteiger partial charge on any atom is 0.293 e. The molecule has 2 amide bonds. The van der Waals surface area contributed by atoms with Crippen molar-refractivity contribution >= 4 is 40.6 Å². The molecule has 4 nitrogen and oxygen atoms in total. The average molecular weight is 454 g/mol. The van der Waals surface area contributed by atoms with Crippen molar-refractivity contribution < 1.29 is 18.7 Å². The van der Waals surface area contributed by atoms with Crippen molar-refractivity contribution in [1.29, 1.82) is 0 Å². The van der Waals surface area contributed by atoms with E-state index in [1.54, 1.807) is 72.8 Å². The van der Waals surface area contributed by atoms with Gasteiger partial charge in [0, 0.05) is 16.1 Å². The Morgan fingerprint density at radius 3 is 2.39 bits per heavy atom. The number of ether oxygens (including phenoxy) is 1. The number of halogens is 2. The predicted molar refractivity (Wildman–Crippen MR) is 120 cm³/mol. The fourth-order valence-electron chi connectivity index (χ4n) is 3.08. The first-order valence-electron chi connectivity index (χ1n) is 9.47. The molecule has 0 saturated carbocycles. The summed E-state index contributed by atoms with van der Waals surface area (Å²) in [6.45, 7) is 0.151. The Morgan fingerprint density at radius 2 is 1.61 bits per heavy atom. The molecule has 0 unspecified atom stereocenters. The van der Waals surface area contributed by atoms with Gasteiger partial charge < -0.3 is 4.74 Å². The van der Waals surface area contributed by atoms with Gasteiger partial charge in [0.15, 0.2) is 0 Å². The molecule has 1 heterocycles. The van der Waals surface area contributed by atoms with E-state index in [0.717, 1.165) is 11.8 Å². The lowest BCUT2D eigenvalue weighted by atomic mass is 10.1. The summed E-state index contributed by atoms with van der Waals surface area (Å²) in [6, 6.07) is 20.6. The van der Waals surface area contributed by atoms with Gasteiger partial charge in [-0.05, 0) is 41.6 Å². The van der Waals surface area contributed by atoms with Gasteiger partial charge in [-0.15, -0.1) is 0 Å². The molecule has 0 bridgehead atoms. The summed E-state index contributed by atoms with van der Waals surface area (Å²) in [6.07, 6.45) is 1.62. The molecule has 0 aromatic heterocycles. The van der Waals surface area contributed by atoms with Crippen LogP contribution in [0, 0.1) is 5.82 Å². The minimum Gasteiger partial charge on any atom is -0.488 e. The zero-order chi connectivity index (χ0) is 21.8. The second-order valence-electron chi connectivity index (χ2n) is 6.78. The standard InChI is InChI=1S/C24H17ClFNO3S/c25-19-10-4-1-8-17(19)14-27-23(28)22(31-24(27)29)13-16-7-3-6-12-21(16)30-15-18-9-2-5-11-20(18)26/h1-13H,14-15H2/b22-13+. The molecule has 0 radical (unpaired) electrons. The maximum atomic E-state index is 13.9. The number of imide groups is 1. The molecule has 0 atom stereocenters. The number of para-hydroxylation sites is 1. The summed E-state index contributed by atoms with van der Waals surface area (Å²) in [7, 11) is 0. The van der Waals surface area contributed by atoms with E-state index in [1.165, 1.54) is 11.0 Å². The highest BCUT2D eigenvalue weighted by molar-refractivity contribution is 8.18. The van der Waals surface area contributed by atoms with Gasteiger partial charge in [0.25, 0.3) is 11.1 Å². The molecule has 1 aliphatic heterocycles. The third kappa shape index (κ3) is 4.81. The van der Waals surface area contributed by atoms with Gasteiger partial charge in [0.1, 0.15) is 18.2 Å². The van der Waals surface area contributed by atoms with Crippen molar-refractivity contribution in [1.82, 2.24) is 4.90 Å². The normalized spacial score (nSPS) is 15.0. The van der Waals surface area contributed by atoms with Gasteiger partial charge in [0.2, 0.25) is 0 Å². The Kier molecular flexibility index (Phi) is 6.39. The molecule has 31 heavy (non-hydrogen) atoms. The first-order valence-corrected chi connectivity index (χ1v) is 10.7. The zero-order valence-corrected chi connectivity index (χ0v) is 17.8. The lowest BCUT2D eigenvalue weighted by Crippen LogP contribution is -2.27. The molecule has 0 spiro atoms. The van der Waals surface area contributed by atoms with E-state index in [2.05, 4.69) is 0 Å². The zero-order valence-electron chi connectivity index (χ0n) is 16.3. The van der Waals surface area contributed by atoms with Crippen molar-refractivity contribution in [3.05, 3.63) is 105 Å². The van der Waals surface area contributed by atoms with E-state index in [9.17, 15) is 14.0 Å². The van der Waals surface area contributed by atoms with E-state index in [-0.39, 0.29) is 30.1 Å². The molecule has 3 aromatic rings. The first-order chi connectivity index (χ1) is 15.0. The summed E-state index contributed by atoms with van der Waals surface area (Å²) < 4.78 is 19.7. The van der Waals surface area contributed by atoms with Gasteiger partial charge in [-0.3, -0.25) is 14.5 Å². The van der Waals surface area contributed by atoms with Crippen LogP contribution in [0.15, 0.2) is 77.7 Å².